The largest absolute Gasteiger partial charge is 0.308 e. The summed E-state index contributed by atoms with van der Waals surface area (Å²) in [6.07, 6.45) is 1.14. The van der Waals surface area contributed by atoms with Crippen LogP contribution in [-0.2, 0) is 6.54 Å². The zero-order valence-corrected chi connectivity index (χ0v) is 11.7. The van der Waals surface area contributed by atoms with Crippen molar-refractivity contribution in [3.8, 4) is 6.07 Å². The summed E-state index contributed by atoms with van der Waals surface area (Å²) in [5.74, 6) is 0. The van der Waals surface area contributed by atoms with E-state index in [1.165, 1.54) is 0 Å². The van der Waals surface area contributed by atoms with Gasteiger partial charge in [0, 0.05) is 19.6 Å². The Balaban J connectivity index is 2.67. The molecule has 0 heterocycles. The van der Waals surface area contributed by atoms with Crippen LogP contribution in [-0.4, -0.2) is 43.5 Å². The predicted molar refractivity (Wildman–Crippen MR) is 75.3 cm³/mol. The van der Waals surface area contributed by atoms with Gasteiger partial charge in [-0.15, -0.1) is 0 Å². The van der Waals surface area contributed by atoms with Gasteiger partial charge in [0.1, 0.15) is 0 Å². The van der Waals surface area contributed by atoms with Gasteiger partial charge in [0.05, 0.1) is 11.6 Å². The Morgan fingerprint density at radius 1 is 1.11 bits per heavy atom. The molecule has 0 aliphatic heterocycles. The lowest BCUT2D eigenvalue weighted by Crippen LogP contribution is -2.32. The molecule has 98 valence electrons. The van der Waals surface area contributed by atoms with Crippen LogP contribution >= 0.6 is 0 Å². The van der Waals surface area contributed by atoms with E-state index < -0.39 is 0 Å². The minimum Gasteiger partial charge on any atom is -0.308 e. The average Bonchev–Trinajstić information content (AvgIpc) is 2.37. The molecule has 3 nitrogen and oxygen atoms in total. The quantitative estimate of drug-likeness (QED) is 0.738. The van der Waals surface area contributed by atoms with Crippen molar-refractivity contribution < 1.29 is 0 Å². The number of rotatable bonds is 7. The summed E-state index contributed by atoms with van der Waals surface area (Å²) in [6, 6.07) is 10.1. The molecule has 0 aromatic heterocycles. The predicted octanol–water partition coefficient (Wildman–Crippen LogP) is 2.33. The van der Waals surface area contributed by atoms with Crippen LogP contribution in [0.15, 0.2) is 24.3 Å². The topological polar surface area (TPSA) is 30.3 Å². The Labute approximate surface area is 111 Å². The van der Waals surface area contributed by atoms with Crippen molar-refractivity contribution in [1.29, 1.82) is 5.26 Å². The van der Waals surface area contributed by atoms with Crippen LogP contribution in [0.3, 0.4) is 0 Å². The van der Waals surface area contributed by atoms with Crippen molar-refractivity contribution >= 4 is 0 Å². The second kappa shape index (κ2) is 7.86. The Morgan fingerprint density at radius 3 is 2.44 bits per heavy atom. The summed E-state index contributed by atoms with van der Waals surface area (Å²) in [7, 11) is 4.18. The van der Waals surface area contributed by atoms with E-state index in [0.29, 0.717) is 0 Å². The van der Waals surface area contributed by atoms with Crippen molar-refractivity contribution in [3.05, 3.63) is 35.4 Å². The second-order valence-electron chi connectivity index (χ2n) is 4.85. The number of nitrogens with zero attached hydrogens (tertiary/aromatic N) is 3. The van der Waals surface area contributed by atoms with Crippen LogP contribution in [0.2, 0.25) is 0 Å². The number of hydrogen-bond acceptors (Lipinski definition) is 3. The molecule has 0 fully saturated rings. The van der Waals surface area contributed by atoms with Crippen LogP contribution in [0.25, 0.3) is 0 Å². The molecule has 1 aromatic rings. The Hall–Kier alpha value is -1.37. The molecule has 18 heavy (non-hydrogen) atoms. The fourth-order valence-electron chi connectivity index (χ4n) is 1.94. The van der Waals surface area contributed by atoms with Crippen LogP contribution in [0.1, 0.15) is 24.5 Å². The summed E-state index contributed by atoms with van der Waals surface area (Å²) >= 11 is 0. The van der Waals surface area contributed by atoms with E-state index in [-0.39, 0.29) is 0 Å². The molecule has 0 N–H and O–H groups in total. The van der Waals surface area contributed by atoms with E-state index in [1.54, 1.807) is 0 Å². The maximum atomic E-state index is 9.10. The van der Waals surface area contributed by atoms with Crippen molar-refractivity contribution in [2.24, 2.45) is 0 Å². The highest BCUT2D eigenvalue weighted by Crippen LogP contribution is 2.11. The van der Waals surface area contributed by atoms with Gasteiger partial charge in [0.15, 0.2) is 0 Å². The van der Waals surface area contributed by atoms with Gasteiger partial charge in [-0.3, -0.25) is 4.90 Å². The van der Waals surface area contributed by atoms with Crippen LogP contribution in [0, 0.1) is 11.3 Å². The summed E-state index contributed by atoms with van der Waals surface area (Å²) in [5.41, 5.74) is 1.93. The van der Waals surface area contributed by atoms with Crippen LogP contribution in [0.5, 0.6) is 0 Å². The minimum absolute atomic E-state index is 0.795. The highest BCUT2D eigenvalue weighted by Gasteiger charge is 2.08. The van der Waals surface area contributed by atoms with Gasteiger partial charge in [0.2, 0.25) is 0 Å². The summed E-state index contributed by atoms with van der Waals surface area (Å²) < 4.78 is 0. The standard InChI is InChI=1S/C15H23N3/c1-4-9-18(11-10-17(2)3)13-15-8-6-5-7-14(15)12-16/h5-8H,4,9-11,13H2,1-3H3. The molecule has 1 rings (SSSR count). The van der Waals surface area contributed by atoms with Crippen LogP contribution < -0.4 is 0 Å². The lowest BCUT2D eigenvalue weighted by Gasteiger charge is -2.24. The van der Waals surface area contributed by atoms with Crippen molar-refractivity contribution in [2.75, 3.05) is 33.7 Å². The fourth-order valence-corrected chi connectivity index (χ4v) is 1.94. The van der Waals surface area contributed by atoms with Gasteiger partial charge in [0.25, 0.3) is 0 Å². The first-order chi connectivity index (χ1) is 8.67. The molecular formula is C15H23N3. The highest BCUT2D eigenvalue weighted by molar-refractivity contribution is 5.37. The van der Waals surface area contributed by atoms with Gasteiger partial charge in [-0.25, -0.2) is 0 Å². The zero-order chi connectivity index (χ0) is 13.4. The van der Waals surface area contributed by atoms with E-state index in [4.69, 9.17) is 5.26 Å². The van der Waals surface area contributed by atoms with E-state index in [0.717, 1.165) is 43.7 Å². The molecular weight excluding hydrogens is 222 g/mol. The van der Waals surface area contributed by atoms with Crippen molar-refractivity contribution in [1.82, 2.24) is 9.80 Å². The summed E-state index contributed by atoms with van der Waals surface area (Å²) in [6.45, 7) is 6.23. The normalized spacial score (nSPS) is 10.9. The molecule has 0 spiro atoms. The number of nitriles is 1. The lowest BCUT2D eigenvalue weighted by atomic mass is 10.1. The van der Waals surface area contributed by atoms with E-state index >= 15 is 0 Å². The molecule has 0 aliphatic carbocycles. The van der Waals surface area contributed by atoms with Gasteiger partial charge >= 0.3 is 0 Å². The Kier molecular flexibility index (Phi) is 6.42. The first kappa shape index (κ1) is 14.7. The van der Waals surface area contributed by atoms with Gasteiger partial charge in [-0.1, -0.05) is 25.1 Å². The third kappa shape index (κ3) is 4.87. The Morgan fingerprint density at radius 2 is 1.83 bits per heavy atom. The molecule has 0 atom stereocenters. The van der Waals surface area contributed by atoms with E-state index in [1.807, 2.05) is 18.2 Å². The van der Waals surface area contributed by atoms with Crippen molar-refractivity contribution in [3.63, 3.8) is 0 Å². The van der Waals surface area contributed by atoms with Crippen molar-refractivity contribution in [2.45, 2.75) is 19.9 Å². The maximum absolute atomic E-state index is 9.10. The molecule has 0 saturated carbocycles. The summed E-state index contributed by atoms with van der Waals surface area (Å²) in [4.78, 5) is 4.61. The SMILES string of the molecule is CCCN(CCN(C)C)Cc1ccccc1C#N. The molecule has 3 heteroatoms. The monoisotopic (exact) mass is 245 g/mol. The molecule has 1 aromatic carbocycles. The third-order valence-corrected chi connectivity index (χ3v) is 2.94. The molecule has 0 radical (unpaired) electrons. The lowest BCUT2D eigenvalue weighted by molar-refractivity contribution is 0.234. The van der Waals surface area contributed by atoms with Gasteiger partial charge < -0.3 is 4.90 Å². The first-order valence-electron chi connectivity index (χ1n) is 6.52. The zero-order valence-electron chi connectivity index (χ0n) is 11.7. The number of likely N-dealkylation sites (N-methyl/N-ethyl adjacent to an activating group) is 1. The number of hydrogen-bond donors (Lipinski definition) is 0. The summed E-state index contributed by atoms with van der Waals surface area (Å²) in [5, 5.41) is 9.10. The maximum Gasteiger partial charge on any atom is 0.0995 e. The molecule has 0 aliphatic rings. The first-order valence-corrected chi connectivity index (χ1v) is 6.52. The molecule has 0 bridgehead atoms. The highest BCUT2D eigenvalue weighted by atomic mass is 15.2. The molecule has 0 saturated heterocycles. The third-order valence-electron chi connectivity index (χ3n) is 2.94. The van der Waals surface area contributed by atoms with E-state index in [9.17, 15) is 0 Å². The molecule has 0 amide bonds. The Bertz CT molecular complexity index is 393. The molecule has 0 unspecified atom stereocenters. The van der Waals surface area contributed by atoms with Gasteiger partial charge in [-0.2, -0.15) is 5.26 Å². The van der Waals surface area contributed by atoms with Gasteiger partial charge in [-0.05, 0) is 38.7 Å². The van der Waals surface area contributed by atoms with Crippen LogP contribution in [0.4, 0.5) is 0 Å². The fraction of sp³-hybridized carbons (Fsp3) is 0.533. The number of benzene rings is 1. The average molecular weight is 245 g/mol. The van der Waals surface area contributed by atoms with E-state index in [2.05, 4.69) is 43.0 Å². The minimum atomic E-state index is 0.795. The smallest absolute Gasteiger partial charge is 0.0995 e. The second-order valence-corrected chi connectivity index (χ2v) is 4.85.